The molecule has 1 aliphatic rings. The van der Waals surface area contributed by atoms with Crippen LogP contribution in [-0.2, 0) is 4.79 Å². The van der Waals surface area contributed by atoms with Crippen LogP contribution in [0.4, 0.5) is 0 Å². The van der Waals surface area contributed by atoms with Crippen LogP contribution in [-0.4, -0.2) is 18.3 Å². The lowest BCUT2D eigenvalue weighted by atomic mass is 10.1. The molecule has 0 fully saturated rings. The summed E-state index contributed by atoms with van der Waals surface area (Å²) in [5.41, 5.74) is 0.226. The van der Waals surface area contributed by atoms with E-state index in [4.69, 9.17) is 39.9 Å². The molecule has 0 aromatic carbocycles. The fourth-order valence-electron chi connectivity index (χ4n) is 1.05. The van der Waals surface area contributed by atoms with E-state index in [1.54, 1.807) is 12.2 Å². The molecule has 7 heteroatoms. The second-order valence-corrected chi connectivity index (χ2v) is 8.49. The Balaban J connectivity index is 2.72. The van der Waals surface area contributed by atoms with Gasteiger partial charge in [0.2, 0.25) is 3.12 Å². The van der Waals surface area contributed by atoms with Crippen LogP contribution in [0.15, 0.2) is 23.8 Å². The van der Waals surface area contributed by atoms with E-state index in [2.05, 4.69) is 12.6 Å². The number of rotatable bonds is 2. The minimum atomic E-state index is -1.47. The van der Waals surface area contributed by atoms with Gasteiger partial charge >= 0.3 is 5.97 Å². The number of halogens is 3. The van der Waals surface area contributed by atoms with Crippen LogP contribution in [0.25, 0.3) is 0 Å². The summed E-state index contributed by atoms with van der Waals surface area (Å²) in [6, 6.07) is 0. The lowest BCUT2D eigenvalue weighted by molar-refractivity contribution is -0.132. The standard InChI is InChI=1S/C8H7Cl3O2S2/c9-8(10,11)15-7(14)3-1-5(2-4-7)6(12)13/h1-3,14H,4H2,(H,12,13). The lowest BCUT2D eigenvalue weighted by Crippen LogP contribution is -2.20. The fourth-order valence-corrected chi connectivity index (χ4v) is 4.05. The molecule has 0 aliphatic heterocycles. The Hall–Kier alpha value is 0.520. The van der Waals surface area contributed by atoms with Crippen molar-refractivity contribution in [2.75, 3.05) is 0 Å². The van der Waals surface area contributed by atoms with Gasteiger partial charge in [-0.1, -0.05) is 58.7 Å². The summed E-state index contributed by atoms with van der Waals surface area (Å²) >= 11 is 22.3. The van der Waals surface area contributed by atoms with Crippen LogP contribution in [0.5, 0.6) is 0 Å². The molecule has 1 aliphatic carbocycles. The van der Waals surface area contributed by atoms with Crippen molar-refractivity contribution < 1.29 is 9.90 Å². The summed E-state index contributed by atoms with van der Waals surface area (Å²) in [4.78, 5) is 10.6. The molecule has 0 aromatic rings. The molecular formula is C8H7Cl3O2S2. The minimum absolute atomic E-state index is 0.226. The van der Waals surface area contributed by atoms with Gasteiger partial charge in [-0.05, 0) is 12.5 Å². The number of hydrogen-bond acceptors (Lipinski definition) is 3. The van der Waals surface area contributed by atoms with Crippen LogP contribution in [0, 0.1) is 0 Å². The van der Waals surface area contributed by atoms with Gasteiger partial charge in [0.15, 0.2) is 0 Å². The minimum Gasteiger partial charge on any atom is -0.478 e. The predicted octanol–water partition coefficient (Wildman–Crippen LogP) is 3.64. The normalized spacial score (nSPS) is 26.3. The second-order valence-electron chi connectivity index (χ2n) is 2.89. The Morgan fingerprint density at radius 3 is 2.53 bits per heavy atom. The van der Waals surface area contributed by atoms with Gasteiger partial charge in [0.1, 0.15) is 0 Å². The van der Waals surface area contributed by atoms with Gasteiger partial charge in [0, 0.05) is 0 Å². The topological polar surface area (TPSA) is 37.3 Å². The van der Waals surface area contributed by atoms with Crippen molar-refractivity contribution in [2.45, 2.75) is 13.6 Å². The van der Waals surface area contributed by atoms with Crippen molar-refractivity contribution in [3.63, 3.8) is 0 Å². The summed E-state index contributed by atoms with van der Waals surface area (Å²) in [6.07, 6.45) is 5.03. The van der Waals surface area contributed by atoms with E-state index in [0.29, 0.717) is 6.42 Å². The number of alkyl halides is 3. The fraction of sp³-hybridized carbons (Fsp3) is 0.375. The largest absolute Gasteiger partial charge is 0.478 e. The highest BCUT2D eigenvalue weighted by Gasteiger charge is 2.35. The first-order valence-electron chi connectivity index (χ1n) is 3.84. The van der Waals surface area contributed by atoms with Crippen molar-refractivity contribution in [2.24, 2.45) is 0 Å². The van der Waals surface area contributed by atoms with Crippen LogP contribution < -0.4 is 0 Å². The number of allylic oxidation sites excluding steroid dienone is 1. The van der Waals surface area contributed by atoms with Crippen molar-refractivity contribution in [1.29, 1.82) is 0 Å². The Bertz CT molecular complexity index is 335. The quantitative estimate of drug-likeness (QED) is 0.464. The predicted molar refractivity (Wildman–Crippen MR) is 69.1 cm³/mol. The van der Waals surface area contributed by atoms with E-state index in [1.165, 1.54) is 6.08 Å². The monoisotopic (exact) mass is 304 g/mol. The molecule has 0 spiro atoms. The Kier molecular flexibility index (Phi) is 4.35. The molecule has 84 valence electrons. The zero-order valence-electron chi connectivity index (χ0n) is 7.28. The van der Waals surface area contributed by atoms with E-state index in [9.17, 15) is 4.79 Å². The number of aliphatic carboxylic acids is 1. The molecule has 0 saturated heterocycles. The lowest BCUT2D eigenvalue weighted by Gasteiger charge is -2.28. The van der Waals surface area contributed by atoms with Gasteiger partial charge in [-0.15, -0.1) is 0 Å². The van der Waals surface area contributed by atoms with Gasteiger partial charge < -0.3 is 5.11 Å². The number of carboxylic acids is 1. The number of hydrogen-bond donors (Lipinski definition) is 2. The van der Waals surface area contributed by atoms with E-state index in [-0.39, 0.29) is 5.57 Å². The molecule has 1 unspecified atom stereocenters. The van der Waals surface area contributed by atoms with Crippen molar-refractivity contribution in [3.8, 4) is 0 Å². The Morgan fingerprint density at radius 2 is 2.20 bits per heavy atom. The van der Waals surface area contributed by atoms with Crippen molar-refractivity contribution in [1.82, 2.24) is 0 Å². The molecule has 0 heterocycles. The third-order valence-electron chi connectivity index (χ3n) is 1.68. The van der Waals surface area contributed by atoms with E-state index < -0.39 is 13.2 Å². The summed E-state index contributed by atoms with van der Waals surface area (Å²) in [6.45, 7) is 0. The smallest absolute Gasteiger partial charge is 0.335 e. The second kappa shape index (κ2) is 4.80. The van der Waals surface area contributed by atoms with Gasteiger partial charge in [-0.2, -0.15) is 12.6 Å². The highest BCUT2D eigenvalue weighted by Crippen LogP contribution is 2.51. The first-order chi connectivity index (χ1) is 6.72. The number of thioether (sulfide) groups is 1. The molecule has 1 rings (SSSR count). The van der Waals surface area contributed by atoms with E-state index in [1.807, 2.05) is 0 Å². The van der Waals surface area contributed by atoms with E-state index in [0.717, 1.165) is 11.8 Å². The Morgan fingerprint density at radius 1 is 1.60 bits per heavy atom. The van der Waals surface area contributed by atoms with E-state index >= 15 is 0 Å². The first kappa shape index (κ1) is 13.6. The van der Waals surface area contributed by atoms with Crippen LogP contribution in [0.3, 0.4) is 0 Å². The molecular weight excluding hydrogens is 299 g/mol. The maximum Gasteiger partial charge on any atom is 0.335 e. The number of thiol groups is 1. The van der Waals surface area contributed by atoms with Gasteiger partial charge in [-0.25, -0.2) is 4.79 Å². The summed E-state index contributed by atoms with van der Waals surface area (Å²) in [5.74, 6) is -0.972. The average Bonchev–Trinajstić information content (AvgIpc) is 2.00. The van der Waals surface area contributed by atoms with Crippen molar-refractivity contribution in [3.05, 3.63) is 23.8 Å². The third kappa shape index (κ3) is 4.49. The molecule has 0 amide bonds. The molecule has 15 heavy (non-hydrogen) atoms. The van der Waals surface area contributed by atoms with Crippen LogP contribution >= 0.6 is 59.2 Å². The zero-order valence-corrected chi connectivity index (χ0v) is 11.3. The average molecular weight is 306 g/mol. The Labute approximate surface area is 112 Å². The van der Waals surface area contributed by atoms with Crippen LogP contribution in [0.2, 0.25) is 0 Å². The van der Waals surface area contributed by atoms with Gasteiger partial charge in [-0.3, -0.25) is 0 Å². The molecule has 1 N–H and O–H groups in total. The highest BCUT2D eigenvalue weighted by molar-refractivity contribution is 8.15. The molecule has 0 bridgehead atoms. The summed E-state index contributed by atoms with van der Waals surface area (Å²) in [7, 11) is 0. The number of carboxylic acid groups (broad SMARTS) is 1. The summed E-state index contributed by atoms with van der Waals surface area (Å²) in [5, 5.41) is 8.71. The molecule has 1 atom stereocenters. The maximum atomic E-state index is 10.6. The summed E-state index contributed by atoms with van der Waals surface area (Å²) < 4.78 is -2.15. The molecule has 0 saturated carbocycles. The maximum absolute atomic E-state index is 10.6. The van der Waals surface area contributed by atoms with Gasteiger partial charge in [0.05, 0.1) is 9.65 Å². The molecule has 0 radical (unpaired) electrons. The van der Waals surface area contributed by atoms with Crippen molar-refractivity contribution >= 4 is 65.2 Å². The molecule has 2 nitrogen and oxygen atoms in total. The first-order valence-corrected chi connectivity index (χ1v) is 6.24. The molecule has 0 aromatic heterocycles. The highest BCUT2D eigenvalue weighted by atomic mass is 35.6. The third-order valence-corrected chi connectivity index (χ3v) is 3.86. The van der Waals surface area contributed by atoms with Crippen LogP contribution in [0.1, 0.15) is 6.42 Å². The van der Waals surface area contributed by atoms with Gasteiger partial charge in [0.25, 0.3) is 0 Å². The zero-order chi connectivity index (χ0) is 11.7. The SMILES string of the molecule is O=C(O)C1=CCC(S)(SC(Cl)(Cl)Cl)C=C1. The number of carbonyl (C=O) groups is 1.